The van der Waals surface area contributed by atoms with Gasteiger partial charge >= 0.3 is 6.03 Å². The van der Waals surface area contributed by atoms with E-state index in [-0.39, 0.29) is 12.1 Å². The number of urea groups is 1. The molecule has 1 aliphatic heterocycles. The lowest BCUT2D eigenvalue weighted by molar-refractivity contribution is 0.204. The molecule has 5 heteroatoms. The highest BCUT2D eigenvalue weighted by atomic mass is 16.5. The van der Waals surface area contributed by atoms with Gasteiger partial charge in [-0.1, -0.05) is 11.2 Å². The molecular weight excluding hydrogens is 278 g/mol. The third kappa shape index (κ3) is 2.84. The second kappa shape index (κ2) is 5.83. The lowest BCUT2D eigenvalue weighted by atomic mass is 10.1. The number of benzene rings is 1. The van der Waals surface area contributed by atoms with Gasteiger partial charge in [0.05, 0.1) is 6.04 Å². The van der Waals surface area contributed by atoms with Gasteiger partial charge in [-0.2, -0.15) is 0 Å². The van der Waals surface area contributed by atoms with Gasteiger partial charge in [0.25, 0.3) is 0 Å². The molecule has 1 N–H and O–H groups in total. The van der Waals surface area contributed by atoms with E-state index < -0.39 is 0 Å². The zero-order valence-electron chi connectivity index (χ0n) is 13.2. The summed E-state index contributed by atoms with van der Waals surface area (Å²) in [5.41, 5.74) is 4.05. The van der Waals surface area contributed by atoms with Crippen LogP contribution in [0.2, 0.25) is 0 Å². The Morgan fingerprint density at radius 2 is 2.09 bits per heavy atom. The number of anilines is 1. The molecule has 2 amide bonds. The average Bonchev–Trinajstić information content (AvgIpc) is 3.11. The van der Waals surface area contributed by atoms with E-state index >= 15 is 0 Å². The number of hydrogen-bond acceptors (Lipinski definition) is 3. The van der Waals surface area contributed by atoms with E-state index in [0.29, 0.717) is 0 Å². The molecule has 1 saturated heterocycles. The van der Waals surface area contributed by atoms with E-state index in [4.69, 9.17) is 4.52 Å². The maximum atomic E-state index is 12.6. The summed E-state index contributed by atoms with van der Waals surface area (Å²) < 4.78 is 5.14. The van der Waals surface area contributed by atoms with Crippen LogP contribution in [0.4, 0.5) is 10.5 Å². The number of carbonyl (C=O) groups excluding carboxylic acids is 1. The van der Waals surface area contributed by atoms with Crippen molar-refractivity contribution in [2.24, 2.45) is 0 Å². The maximum Gasteiger partial charge on any atom is 0.322 e. The van der Waals surface area contributed by atoms with Crippen LogP contribution in [0.5, 0.6) is 0 Å². The van der Waals surface area contributed by atoms with Gasteiger partial charge in [-0.3, -0.25) is 0 Å². The summed E-state index contributed by atoms with van der Waals surface area (Å²) in [6, 6.07) is 7.79. The molecule has 0 unspecified atom stereocenters. The maximum absolute atomic E-state index is 12.6. The molecule has 5 nitrogen and oxygen atoms in total. The largest absolute Gasteiger partial charge is 0.361 e. The monoisotopic (exact) mass is 299 g/mol. The minimum absolute atomic E-state index is 0.00370. The average molecular weight is 299 g/mol. The fourth-order valence-electron chi connectivity index (χ4n) is 2.87. The number of likely N-dealkylation sites (tertiary alicyclic amines) is 1. The van der Waals surface area contributed by atoms with Crippen LogP contribution in [0.25, 0.3) is 0 Å². The molecule has 1 atom stereocenters. The Morgan fingerprint density at radius 1 is 1.27 bits per heavy atom. The van der Waals surface area contributed by atoms with Crippen LogP contribution in [0, 0.1) is 20.8 Å². The summed E-state index contributed by atoms with van der Waals surface area (Å²) in [7, 11) is 0. The molecular formula is C17H21N3O2. The van der Waals surface area contributed by atoms with E-state index in [0.717, 1.165) is 36.5 Å². The Bertz CT molecular complexity index is 693. The van der Waals surface area contributed by atoms with Gasteiger partial charge in [-0.15, -0.1) is 0 Å². The first kappa shape index (κ1) is 14.6. The van der Waals surface area contributed by atoms with Crippen LogP contribution in [0.15, 0.2) is 28.8 Å². The van der Waals surface area contributed by atoms with Gasteiger partial charge in [0, 0.05) is 18.3 Å². The van der Waals surface area contributed by atoms with Crippen molar-refractivity contribution in [1.82, 2.24) is 10.1 Å². The minimum atomic E-state index is -0.0774. The summed E-state index contributed by atoms with van der Waals surface area (Å²) in [5, 5.41) is 7.05. The molecule has 0 saturated carbocycles. The van der Waals surface area contributed by atoms with Crippen LogP contribution in [0.3, 0.4) is 0 Å². The third-order valence-corrected chi connectivity index (χ3v) is 4.26. The van der Waals surface area contributed by atoms with Crippen molar-refractivity contribution in [3.8, 4) is 0 Å². The van der Waals surface area contributed by atoms with Gasteiger partial charge in [-0.25, -0.2) is 4.79 Å². The first-order valence-corrected chi connectivity index (χ1v) is 7.62. The lowest BCUT2D eigenvalue weighted by Gasteiger charge is -2.23. The van der Waals surface area contributed by atoms with Gasteiger partial charge in [0.15, 0.2) is 0 Å². The Kier molecular flexibility index (Phi) is 3.88. The SMILES string of the molecule is Cc1cc([C@@H]2CCCN2C(=O)Nc2ccc(C)c(C)c2)no1. The Balaban J connectivity index is 1.74. The summed E-state index contributed by atoms with van der Waals surface area (Å²) >= 11 is 0. The number of rotatable bonds is 2. The summed E-state index contributed by atoms with van der Waals surface area (Å²) in [6.45, 7) is 6.71. The third-order valence-electron chi connectivity index (χ3n) is 4.26. The Hall–Kier alpha value is -2.30. The first-order chi connectivity index (χ1) is 10.5. The number of nitrogens with zero attached hydrogens (tertiary/aromatic N) is 2. The van der Waals surface area contributed by atoms with Gasteiger partial charge in [-0.05, 0) is 56.9 Å². The molecule has 0 radical (unpaired) electrons. The molecule has 22 heavy (non-hydrogen) atoms. The molecule has 1 aromatic carbocycles. The quantitative estimate of drug-likeness (QED) is 0.912. The predicted molar refractivity (Wildman–Crippen MR) is 84.9 cm³/mol. The number of aryl methyl sites for hydroxylation is 3. The van der Waals surface area contributed by atoms with Gasteiger partial charge in [0.1, 0.15) is 11.5 Å². The topological polar surface area (TPSA) is 58.4 Å². The van der Waals surface area contributed by atoms with E-state index in [1.165, 1.54) is 11.1 Å². The highest BCUT2D eigenvalue weighted by Crippen LogP contribution is 2.32. The molecule has 1 aliphatic rings. The van der Waals surface area contributed by atoms with Crippen molar-refractivity contribution in [2.75, 3.05) is 11.9 Å². The van der Waals surface area contributed by atoms with Crippen LogP contribution in [-0.2, 0) is 0 Å². The van der Waals surface area contributed by atoms with Crippen molar-refractivity contribution in [3.63, 3.8) is 0 Å². The first-order valence-electron chi connectivity index (χ1n) is 7.62. The van der Waals surface area contributed by atoms with Crippen molar-refractivity contribution < 1.29 is 9.32 Å². The predicted octanol–water partition coefficient (Wildman–Crippen LogP) is 3.97. The molecule has 0 spiro atoms. The van der Waals surface area contributed by atoms with Crippen molar-refractivity contribution in [3.05, 3.63) is 46.8 Å². The molecule has 3 rings (SSSR count). The van der Waals surface area contributed by atoms with Crippen LogP contribution < -0.4 is 5.32 Å². The highest BCUT2D eigenvalue weighted by Gasteiger charge is 2.32. The number of aromatic nitrogens is 1. The highest BCUT2D eigenvalue weighted by molar-refractivity contribution is 5.90. The van der Waals surface area contributed by atoms with Crippen molar-refractivity contribution in [1.29, 1.82) is 0 Å². The van der Waals surface area contributed by atoms with Crippen LogP contribution in [-0.4, -0.2) is 22.6 Å². The van der Waals surface area contributed by atoms with Gasteiger partial charge in [0.2, 0.25) is 0 Å². The normalized spacial score (nSPS) is 17.8. The number of carbonyl (C=O) groups is 1. The number of nitrogens with one attached hydrogen (secondary N) is 1. The van der Waals surface area contributed by atoms with Gasteiger partial charge < -0.3 is 14.7 Å². The second-order valence-electron chi connectivity index (χ2n) is 5.94. The standard InChI is InChI=1S/C17H21N3O2/c1-11-6-7-14(9-12(11)2)18-17(21)20-8-4-5-16(20)15-10-13(3)22-19-15/h6-7,9-10,16H,4-5,8H2,1-3H3,(H,18,21)/t16-/m0/s1. The molecule has 116 valence electrons. The number of hydrogen-bond donors (Lipinski definition) is 1. The molecule has 1 aromatic heterocycles. The van der Waals surface area contributed by atoms with E-state index in [1.54, 1.807) is 0 Å². The zero-order chi connectivity index (χ0) is 15.7. The van der Waals surface area contributed by atoms with E-state index in [1.807, 2.05) is 43.0 Å². The molecule has 2 heterocycles. The van der Waals surface area contributed by atoms with E-state index in [9.17, 15) is 4.79 Å². The Labute approximate surface area is 130 Å². The van der Waals surface area contributed by atoms with Crippen molar-refractivity contribution >= 4 is 11.7 Å². The summed E-state index contributed by atoms with van der Waals surface area (Å²) in [4.78, 5) is 14.4. The number of amides is 2. The molecule has 2 aromatic rings. The lowest BCUT2D eigenvalue weighted by Crippen LogP contribution is -2.34. The van der Waals surface area contributed by atoms with E-state index in [2.05, 4.69) is 17.4 Å². The molecule has 0 bridgehead atoms. The fraction of sp³-hybridized carbons (Fsp3) is 0.412. The Morgan fingerprint density at radius 3 is 2.77 bits per heavy atom. The fourth-order valence-corrected chi connectivity index (χ4v) is 2.87. The molecule has 1 fully saturated rings. The zero-order valence-corrected chi connectivity index (χ0v) is 13.2. The second-order valence-corrected chi connectivity index (χ2v) is 5.94. The smallest absolute Gasteiger partial charge is 0.322 e. The summed E-state index contributed by atoms with van der Waals surface area (Å²) in [6.07, 6.45) is 1.91. The van der Waals surface area contributed by atoms with Crippen molar-refractivity contribution in [2.45, 2.75) is 39.7 Å². The van der Waals surface area contributed by atoms with Crippen LogP contribution in [0.1, 0.15) is 41.5 Å². The summed E-state index contributed by atoms with van der Waals surface area (Å²) in [5.74, 6) is 0.774. The van der Waals surface area contributed by atoms with Crippen LogP contribution >= 0.6 is 0 Å². The minimum Gasteiger partial charge on any atom is -0.361 e. The molecule has 0 aliphatic carbocycles.